The molecule has 0 aromatic heterocycles. The van der Waals surface area contributed by atoms with Crippen molar-refractivity contribution in [1.29, 1.82) is 0 Å². The number of hydrogen-bond acceptors (Lipinski definition) is 0. The van der Waals surface area contributed by atoms with Gasteiger partial charge in [-0.1, -0.05) is 0 Å². The summed E-state index contributed by atoms with van der Waals surface area (Å²) in [4.78, 5) is 0. The topological polar surface area (TPSA) is 0 Å². The molecule has 0 N–H and O–H groups in total. The Morgan fingerprint density at radius 2 is 0.197 bits per heavy atom. The minimum atomic E-state index is -11.0. The van der Waals surface area contributed by atoms with Gasteiger partial charge in [0, 0.05) is 0 Å². The van der Waals surface area contributed by atoms with Gasteiger partial charge in [0.05, 0.1) is 0 Å². The molecular weight excluding hydrogens is 1270 g/mol. The molecule has 458 valence electrons. The van der Waals surface area contributed by atoms with Crippen LogP contribution in [0.1, 0.15) is 0 Å². The molecule has 0 fully saturated rings. The maximum atomic E-state index is 14.1. The summed E-state index contributed by atoms with van der Waals surface area (Å²) >= 11 is 0. The van der Waals surface area contributed by atoms with Gasteiger partial charge in [-0.2, -0.15) is 215 Å². The van der Waals surface area contributed by atoms with Crippen molar-refractivity contribution in [3.63, 3.8) is 0 Å². The zero-order valence-electron chi connectivity index (χ0n) is 31.9. The molecule has 0 spiro atoms. The molecule has 76 heavy (non-hydrogen) atoms. The average Bonchev–Trinajstić information content (AvgIpc) is 3.18. The van der Waals surface area contributed by atoms with Crippen LogP contribution < -0.4 is 0 Å². The van der Waals surface area contributed by atoms with E-state index in [2.05, 4.69) is 0 Å². The van der Waals surface area contributed by atoms with Crippen molar-refractivity contribution in [2.24, 2.45) is 0 Å². The molecule has 0 atom stereocenters. The van der Waals surface area contributed by atoms with E-state index in [9.17, 15) is 224 Å². The Balaban J connectivity index is 8.20. The van der Waals surface area contributed by atoms with Gasteiger partial charge in [-0.05, 0) is 0 Å². The average molecular weight is 1270 g/mol. The summed E-state index contributed by atoms with van der Waals surface area (Å²) in [6.07, 6.45) is -15.4. The van der Waals surface area contributed by atoms with Crippen molar-refractivity contribution in [3.05, 3.63) is 0 Å². The minimum absolute atomic E-state index is 6.72. The van der Waals surface area contributed by atoms with E-state index in [0.717, 1.165) is 0 Å². The highest BCUT2D eigenvalue weighted by Crippen LogP contribution is 2.72. The molecule has 0 rings (SSSR count). The molecule has 0 saturated heterocycles. The smallest absolute Gasteiger partial charge is 0.203 e. The molecule has 51 heteroatoms. The Morgan fingerprint density at radius 3 is 0.276 bits per heavy atom. The molecule has 0 bridgehead atoms. The van der Waals surface area contributed by atoms with Crippen molar-refractivity contribution in [2.75, 3.05) is 0 Å². The van der Waals surface area contributed by atoms with Crippen molar-refractivity contribution < 1.29 is 224 Å². The Morgan fingerprint density at radius 1 is 0.118 bits per heavy atom. The van der Waals surface area contributed by atoms with Gasteiger partial charge in [-0.25, -0.2) is 8.78 Å². The van der Waals surface area contributed by atoms with Crippen LogP contribution in [0.3, 0.4) is 0 Å². The third-order valence-corrected chi connectivity index (χ3v) is 9.33. The van der Waals surface area contributed by atoms with Crippen molar-refractivity contribution in [2.45, 2.75) is 149 Å². The van der Waals surface area contributed by atoms with Crippen molar-refractivity contribution in [3.8, 4) is 0 Å². The summed E-state index contributed by atoms with van der Waals surface area (Å²) in [6.45, 7) is 0. The van der Waals surface area contributed by atoms with Gasteiger partial charge < -0.3 is 0 Å². The second-order valence-electron chi connectivity index (χ2n) is 14.1. The molecule has 0 aromatic rings. The van der Waals surface area contributed by atoms with E-state index in [0.29, 0.717) is 0 Å². The van der Waals surface area contributed by atoms with Crippen LogP contribution >= 0.6 is 0 Å². The van der Waals surface area contributed by atoms with Gasteiger partial charge in [0.2, 0.25) is 0 Å². The first-order chi connectivity index (χ1) is 31.7. The Bertz CT molecular complexity index is 2080. The molecule has 0 aromatic carbocycles. The van der Waals surface area contributed by atoms with Crippen LogP contribution in [0.25, 0.3) is 0 Å². The second-order valence-corrected chi connectivity index (χ2v) is 14.1. The zero-order valence-corrected chi connectivity index (χ0v) is 31.9. The standard InChI is InChI=1S/C25HF51/c26-1(27)2(28,29)3(30,31)4(32,33)5(34,35)6(36,37)7(38,39)8(40,41)9(42,43)10(44,45)11(46,47)12(48,49)13(50,51)14(52,53)15(54,55)16(56,57)17(58,59)18(60,61)19(62,63)20(64,65)21(66,67)22(68,69)23(70,71)24(72,73)25(74,75)76/h1H. The fourth-order valence-electron chi connectivity index (χ4n) is 4.47. The van der Waals surface area contributed by atoms with Gasteiger partial charge in [0.25, 0.3) is 0 Å². The lowest BCUT2D eigenvalue weighted by atomic mass is 9.81. The summed E-state index contributed by atoms with van der Waals surface area (Å²) in [7, 11) is 0. The van der Waals surface area contributed by atoms with E-state index < -0.39 is 149 Å². The Kier molecular flexibility index (Phi) is 16.4. The SMILES string of the molecule is FC(F)C(F)(F)C(F)(F)C(F)(F)C(F)(F)C(F)(F)C(F)(F)C(F)(F)C(F)(F)C(F)(F)C(F)(F)C(F)(F)C(F)(F)C(F)(F)C(F)(F)C(F)(F)C(F)(F)C(F)(F)C(F)(F)C(F)(F)C(F)(F)C(F)(F)C(F)(F)C(F)(F)C(F)(F)F. The summed E-state index contributed by atoms with van der Waals surface area (Å²) in [5, 5.41) is 0. The molecule has 0 aliphatic heterocycles. The monoisotopic (exact) mass is 1270 g/mol. The third-order valence-electron chi connectivity index (χ3n) is 9.33. The second kappa shape index (κ2) is 17.2. The summed E-state index contributed by atoms with van der Waals surface area (Å²) in [6, 6.07) is 0. The predicted molar refractivity (Wildman–Crippen MR) is 126 cm³/mol. The van der Waals surface area contributed by atoms with Gasteiger partial charge in [-0.3, -0.25) is 0 Å². The van der Waals surface area contributed by atoms with Crippen LogP contribution in [-0.2, 0) is 0 Å². The molecule has 0 amide bonds. The fraction of sp³-hybridized carbons (Fsp3) is 1.00. The van der Waals surface area contributed by atoms with E-state index in [1.54, 1.807) is 0 Å². The van der Waals surface area contributed by atoms with E-state index >= 15 is 0 Å². The summed E-state index contributed by atoms with van der Waals surface area (Å²) in [5.74, 6) is -239. The molecule has 0 aliphatic carbocycles. The molecule has 0 heterocycles. The number of halogens is 51. The van der Waals surface area contributed by atoms with Gasteiger partial charge in [-0.15, -0.1) is 0 Å². The first kappa shape index (κ1) is 72.4. The van der Waals surface area contributed by atoms with E-state index in [4.69, 9.17) is 0 Å². The Hall–Kier alpha value is -3.57. The van der Waals surface area contributed by atoms with Crippen LogP contribution in [0.5, 0.6) is 0 Å². The first-order valence-corrected chi connectivity index (χ1v) is 15.7. The number of rotatable bonds is 23. The van der Waals surface area contributed by atoms with Crippen LogP contribution in [-0.4, -0.2) is 149 Å². The molecule has 0 saturated carbocycles. The molecule has 0 nitrogen and oxygen atoms in total. The van der Waals surface area contributed by atoms with E-state index in [-0.39, 0.29) is 0 Å². The van der Waals surface area contributed by atoms with Gasteiger partial charge >= 0.3 is 149 Å². The van der Waals surface area contributed by atoms with Crippen LogP contribution in [0.15, 0.2) is 0 Å². The quantitative estimate of drug-likeness (QED) is 0.0895. The first-order valence-electron chi connectivity index (χ1n) is 15.7. The molecule has 0 aliphatic rings. The minimum Gasteiger partial charge on any atom is -0.203 e. The lowest BCUT2D eigenvalue weighted by molar-refractivity contribution is -0.498. The highest BCUT2D eigenvalue weighted by Gasteiger charge is 3.04. The summed E-state index contributed by atoms with van der Waals surface area (Å²) < 4.78 is 693. The highest BCUT2D eigenvalue weighted by atomic mass is 19.5. The molecule has 0 radical (unpaired) electrons. The Labute approximate surface area is 374 Å². The maximum Gasteiger partial charge on any atom is 0.460 e. The van der Waals surface area contributed by atoms with Crippen molar-refractivity contribution >= 4 is 0 Å². The lowest BCUT2D eigenvalue weighted by Crippen LogP contribution is -2.81. The summed E-state index contributed by atoms with van der Waals surface area (Å²) in [5.41, 5.74) is 0. The largest absolute Gasteiger partial charge is 0.460 e. The third kappa shape index (κ3) is 7.74. The zero-order chi connectivity index (χ0) is 63.6. The predicted octanol–water partition coefficient (Wildman–Crippen LogP) is 16.4. The van der Waals surface area contributed by atoms with Crippen LogP contribution in [0, 0.1) is 0 Å². The van der Waals surface area contributed by atoms with E-state index in [1.807, 2.05) is 0 Å². The van der Waals surface area contributed by atoms with Crippen LogP contribution in [0.2, 0.25) is 0 Å². The van der Waals surface area contributed by atoms with Gasteiger partial charge in [0.1, 0.15) is 0 Å². The fourth-order valence-corrected chi connectivity index (χ4v) is 4.47. The molecule has 0 unspecified atom stereocenters. The number of alkyl halides is 51. The van der Waals surface area contributed by atoms with Crippen molar-refractivity contribution in [1.82, 2.24) is 0 Å². The van der Waals surface area contributed by atoms with E-state index in [1.165, 1.54) is 0 Å². The normalized spacial score (nSPS) is 17.5. The molecular formula is C25HF51. The maximum absolute atomic E-state index is 14.1. The lowest BCUT2D eigenvalue weighted by Gasteiger charge is -2.48. The number of hydrogen-bond donors (Lipinski definition) is 0. The van der Waals surface area contributed by atoms with Gasteiger partial charge in [0.15, 0.2) is 0 Å². The van der Waals surface area contributed by atoms with Crippen LogP contribution in [0.4, 0.5) is 224 Å². The highest BCUT2D eigenvalue weighted by molar-refractivity contribution is 5.25.